The van der Waals surface area contributed by atoms with E-state index >= 15 is 0 Å². The summed E-state index contributed by atoms with van der Waals surface area (Å²) in [5.74, 6) is 0.174. The highest BCUT2D eigenvalue weighted by Crippen LogP contribution is 2.28. The number of ether oxygens (including phenoxy) is 1. The van der Waals surface area contributed by atoms with E-state index in [0.29, 0.717) is 12.5 Å². The van der Waals surface area contributed by atoms with Gasteiger partial charge in [0.1, 0.15) is 5.54 Å². The van der Waals surface area contributed by atoms with Gasteiger partial charge in [-0.25, -0.2) is 0 Å². The van der Waals surface area contributed by atoms with Gasteiger partial charge >= 0.3 is 5.97 Å². The van der Waals surface area contributed by atoms with Gasteiger partial charge in [0.05, 0.1) is 6.61 Å². The molecule has 0 atom stereocenters. The van der Waals surface area contributed by atoms with Crippen LogP contribution in [0, 0.1) is 5.92 Å². The number of hydrogen-bond donors (Lipinski definition) is 1. The normalized spacial score (nSPS) is 19.1. The molecule has 0 amide bonds. The highest BCUT2D eigenvalue weighted by Gasteiger charge is 2.38. The monoisotopic (exact) mass is 221 g/mol. The number of esters is 1. The summed E-state index contributed by atoms with van der Waals surface area (Å²) >= 11 is 0. The minimum atomic E-state index is -0.672. The minimum absolute atomic E-state index is 0. The fourth-order valence-electron chi connectivity index (χ4n) is 1.60. The fourth-order valence-corrected chi connectivity index (χ4v) is 1.60. The lowest BCUT2D eigenvalue weighted by Gasteiger charge is -2.21. The van der Waals surface area contributed by atoms with Crippen LogP contribution >= 0.6 is 12.4 Å². The van der Waals surface area contributed by atoms with Gasteiger partial charge in [-0.3, -0.25) is 4.79 Å². The van der Waals surface area contributed by atoms with Gasteiger partial charge in [0.2, 0.25) is 0 Å². The summed E-state index contributed by atoms with van der Waals surface area (Å²) in [7, 11) is 0. The molecule has 0 heterocycles. The molecule has 1 aliphatic rings. The van der Waals surface area contributed by atoms with Gasteiger partial charge in [-0.2, -0.15) is 0 Å². The first-order valence-electron chi connectivity index (χ1n) is 5.01. The van der Waals surface area contributed by atoms with E-state index < -0.39 is 5.54 Å². The molecule has 0 aromatic rings. The summed E-state index contributed by atoms with van der Waals surface area (Å²) in [4.78, 5) is 11.5. The molecular weight excluding hydrogens is 202 g/mol. The van der Waals surface area contributed by atoms with Crippen molar-refractivity contribution in [1.82, 2.24) is 0 Å². The number of carbonyl (C=O) groups excluding carboxylic acids is 1. The molecule has 1 rings (SSSR count). The second kappa shape index (κ2) is 5.56. The number of halogens is 1. The summed E-state index contributed by atoms with van der Waals surface area (Å²) in [6.45, 7) is 4.52. The van der Waals surface area contributed by atoms with E-state index in [9.17, 15) is 4.79 Å². The van der Waals surface area contributed by atoms with E-state index in [2.05, 4.69) is 0 Å². The van der Waals surface area contributed by atoms with Crippen molar-refractivity contribution in [2.75, 3.05) is 6.61 Å². The van der Waals surface area contributed by atoms with Crippen LogP contribution in [-0.4, -0.2) is 18.1 Å². The quantitative estimate of drug-likeness (QED) is 0.741. The first-order valence-corrected chi connectivity index (χ1v) is 5.01. The summed E-state index contributed by atoms with van der Waals surface area (Å²) in [6.07, 6.45) is 3.66. The predicted octanol–water partition coefficient (Wildman–Crippen LogP) is 1.88. The molecule has 1 aliphatic carbocycles. The second-order valence-corrected chi connectivity index (χ2v) is 4.36. The summed E-state index contributed by atoms with van der Waals surface area (Å²) in [6, 6.07) is 0. The molecule has 0 aromatic heterocycles. The van der Waals surface area contributed by atoms with Crippen molar-refractivity contribution in [2.24, 2.45) is 11.7 Å². The SMILES string of the molecule is CC(C)COC(=O)C1(N)CCCC1.Cl. The Morgan fingerprint density at radius 2 is 1.93 bits per heavy atom. The number of hydrogen-bond acceptors (Lipinski definition) is 3. The minimum Gasteiger partial charge on any atom is -0.464 e. The van der Waals surface area contributed by atoms with Crippen molar-refractivity contribution in [3.05, 3.63) is 0 Å². The van der Waals surface area contributed by atoms with Crippen molar-refractivity contribution in [3.63, 3.8) is 0 Å². The highest BCUT2D eigenvalue weighted by molar-refractivity contribution is 5.85. The largest absolute Gasteiger partial charge is 0.464 e. The molecule has 0 aromatic carbocycles. The van der Waals surface area contributed by atoms with E-state index in [1.54, 1.807) is 0 Å². The third kappa shape index (κ3) is 3.46. The van der Waals surface area contributed by atoms with E-state index in [0.717, 1.165) is 25.7 Å². The lowest BCUT2D eigenvalue weighted by Crippen LogP contribution is -2.46. The number of carbonyl (C=O) groups is 1. The van der Waals surface area contributed by atoms with Gasteiger partial charge in [0, 0.05) is 0 Å². The second-order valence-electron chi connectivity index (χ2n) is 4.36. The maximum Gasteiger partial charge on any atom is 0.326 e. The third-order valence-electron chi connectivity index (χ3n) is 2.45. The molecule has 3 nitrogen and oxygen atoms in total. The van der Waals surface area contributed by atoms with Crippen LogP contribution in [-0.2, 0) is 9.53 Å². The molecule has 84 valence electrons. The topological polar surface area (TPSA) is 52.3 Å². The molecule has 0 spiro atoms. The maximum absolute atomic E-state index is 11.5. The molecule has 0 radical (unpaired) electrons. The van der Waals surface area contributed by atoms with Crippen molar-refractivity contribution >= 4 is 18.4 Å². The summed E-state index contributed by atoms with van der Waals surface area (Å²) in [5, 5.41) is 0. The van der Waals surface area contributed by atoms with Crippen LogP contribution in [0.4, 0.5) is 0 Å². The van der Waals surface area contributed by atoms with Crippen molar-refractivity contribution in [2.45, 2.75) is 45.1 Å². The molecule has 0 aliphatic heterocycles. The Hall–Kier alpha value is -0.280. The molecule has 14 heavy (non-hydrogen) atoms. The van der Waals surface area contributed by atoms with Gasteiger partial charge in [0.25, 0.3) is 0 Å². The molecule has 1 saturated carbocycles. The predicted molar refractivity (Wildman–Crippen MR) is 58.4 cm³/mol. The number of rotatable bonds is 3. The first kappa shape index (κ1) is 13.7. The van der Waals surface area contributed by atoms with Crippen LogP contribution in [0.3, 0.4) is 0 Å². The van der Waals surface area contributed by atoms with Gasteiger partial charge < -0.3 is 10.5 Å². The average Bonchev–Trinajstić information content (AvgIpc) is 2.49. The smallest absolute Gasteiger partial charge is 0.326 e. The molecule has 4 heteroatoms. The maximum atomic E-state index is 11.5. The zero-order chi connectivity index (χ0) is 9.90. The molecule has 0 saturated heterocycles. The molecule has 1 fully saturated rings. The highest BCUT2D eigenvalue weighted by atomic mass is 35.5. The van der Waals surface area contributed by atoms with Crippen molar-refractivity contribution in [1.29, 1.82) is 0 Å². The van der Waals surface area contributed by atoms with Gasteiger partial charge in [-0.05, 0) is 18.8 Å². The van der Waals surface area contributed by atoms with E-state index in [4.69, 9.17) is 10.5 Å². The van der Waals surface area contributed by atoms with E-state index in [1.807, 2.05) is 13.8 Å². The Labute approximate surface area is 91.8 Å². The van der Waals surface area contributed by atoms with Crippen LogP contribution in [0.2, 0.25) is 0 Å². The van der Waals surface area contributed by atoms with Crippen LogP contribution in [0.1, 0.15) is 39.5 Å². The van der Waals surface area contributed by atoms with E-state index in [1.165, 1.54) is 0 Å². The summed E-state index contributed by atoms with van der Waals surface area (Å²) in [5.41, 5.74) is 5.24. The standard InChI is InChI=1S/C10H19NO2.ClH/c1-8(2)7-13-9(12)10(11)5-3-4-6-10;/h8H,3-7,11H2,1-2H3;1H. The molecule has 2 N–H and O–H groups in total. The third-order valence-corrected chi connectivity index (χ3v) is 2.45. The fraction of sp³-hybridized carbons (Fsp3) is 0.900. The van der Waals surface area contributed by atoms with Crippen molar-refractivity contribution < 1.29 is 9.53 Å². The Balaban J connectivity index is 0.00000169. The summed E-state index contributed by atoms with van der Waals surface area (Å²) < 4.78 is 5.13. The Bertz CT molecular complexity index is 189. The van der Waals surface area contributed by atoms with Crippen molar-refractivity contribution in [3.8, 4) is 0 Å². The zero-order valence-electron chi connectivity index (χ0n) is 8.91. The number of nitrogens with two attached hydrogens (primary N) is 1. The van der Waals surface area contributed by atoms with Gasteiger partial charge in [-0.1, -0.05) is 26.7 Å². The zero-order valence-corrected chi connectivity index (χ0v) is 9.73. The van der Waals surface area contributed by atoms with Crippen LogP contribution < -0.4 is 5.73 Å². The Morgan fingerprint density at radius 1 is 1.43 bits per heavy atom. The molecule has 0 unspecified atom stereocenters. The van der Waals surface area contributed by atoms with E-state index in [-0.39, 0.29) is 18.4 Å². The molecule has 0 bridgehead atoms. The van der Waals surface area contributed by atoms with Crippen LogP contribution in [0.15, 0.2) is 0 Å². The Kier molecular flexibility index (Phi) is 5.45. The van der Waals surface area contributed by atoms with Crippen LogP contribution in [0.5, 0.6) is 0 Å². The van der Waals surface area contributed by atoms with Crippen LogP contribution in [0.25, 0.3) is 0 Å². The van der Waals surface area contributed by atoms with Gasteiger partial charge in [0.15, 0.2) is 0 Å². The lowest BCUT2D eigenvalue weighted by molar-refractivity contribution is -0.151. The first-order chi connectivity index (χ1) is 6.04. The average molecular weight is 222 g/mol. The lowest BCUT2D eigenvalue weighted by atomic mass is 10.00. The molecular formula is C10H20ClNO2. The van der Waals surface area contributed by atoms with Gasteiger partial charge in [-0.15, -0.1) is 12.4 Å². The Morgan fingerprint density at radius 3 is 2.36 bits per heavy atom.